The van der Waals surface area contributed by atoms with Crippen LogP contribution in [0.3, 0.4) is 0 Å². The second kappa shape index (κ2) is 14.0. The number of fused-ring (bicyclic) bond motifs is 1. The normalized spacial score (nSPS) is 8.35. The van der Waals surface area contributed by atoms with Crippen LogP contribution in [0.5, 0.6) is 0 Å². The molecule has 0 aliphatic rings. The summed E-state index contributed by atoms with van der Waals surface area (Å²) < 4.78 is 24.9. The van der Waals surface area contributed by atoms with E-state index in [2.05, 4.69) is 93.8 Å². The number of rotatable bonds is 2. The summed E-state index contributed by atoms with van der Waals surface area (Å²) in [5.41, 5.74) is 6.69. The van der Waals surface area contributed by atoms with Crippen molar-refractivity contribution in [1.82, 2.24) is 4.57 Å². The van der Waals surface area contributed by atoms with Crippen molar-refractivity contribution in [1.29, 1.82) is 0 Å². The van der Waals surface area contributed by atoms with Crippen LogP contribution in [0.1, 0.15) is 23.7 Å². The molecular formula is C21H19CrNO3. The molecule has 1 aromatic heterocycles. The first-order valence-corrected chi connectivity index (χ1v) is 7.49. The number of hydrogen-bond donors (Lipinski definition) is 0. The van der Waals surface area contributed by atoms with Crippen molar-refractivity contribution in [3.8, 4) is 5.69 Å². The molecule has 0 N–H and O–H groups in total. The van der Waals surface area contributed by atoms with Crippen LogP contribution in [0.15, 0.2) is 48.5 Å². The molecule has 5 heteroatoms. The van der Waals surface area contributed by atoms with Crippen LogP contribution < -0.4 is 0 Å². The van der Waals surface area contributed by atoms with Gasteiger partial charge in [-0.1, -0.05) is 43.3 Å². The molecule has 0 unspecified atom stereocenters. The Labute approximate surface area is 165 Å². The minimum absolute atomic E-state index is 0. The van der Waals surface area contributed by atoms with Gasteiger partial charge < -0.3 is 4.57 Å². The van der Waals surface area contributed by atoms with Crippen molar-refractivity contribution in [2.45, 2.75) is 27.2 Å². The van der Waals surface area contributed by atoms with Crippen molar-refractivity contribution in [3.63, 3.8) is 0 Å². The van der Waals surface area contributed by atoms with E-state index in [-0.39, 0.29) is 17.4 Å². The van der Waals surface area contributed by atoms with Gasteiger partial charge in [-0.3, -0.25) is 0 Å². The maximum Gasteiger partial charge on any atom is 0 e. The average Bonchev–Trinajstić information content (AvgIpc) is 3.02. The van der Waals surface area contributed by atoms with Gasteiger partial charge in [0.25, 0.3) is 0 Å². The SMILES string of the molecule is CCc1cccc(C)c1-n1c(C)cc2ccccc21.[C-]#[O+].[C-]#[O+].[C-]#[O+].[Cr]. The second-order valence-electron chi connectivity index (χ2n) is 5.12. The summed E-state index contributed by atoms with van der Waals surface area (Å²) >= 11 is 0. The molecule has 132 valence electrons. The fourth-order valence-electron chi connectivity index (χ4n) is 2.91. The van der Waals surface area contributed by atoms with Crippen LogP contribution >= 0.6 is 0 Å². The monoisotopic (exact) mass is 385 g/mol. The first-order chi connectivity index (χ1) is 12.2. The van der Waals surface area contributed by atoms with Gasteiger partial charge in [0, 0.05) is 28.4 Å². The Bertz CT molecular complexity index is 862. The van der Waals surface area contributed by atoms with Crippen LogP contribution in [0.2, 0.25) is 0 Å². The predicted octanol–water partition coefficient (Wildman–Crippen LogP) is 4.69. The van der Waals surface area contributed by atoms with E-state index in [9.17, 15) is 0 Å². The Morgan fingerprint density at radius 1 is 0.846 bits per heavy atom. The molecule has 0 aliphatic heterocycles. The first-order valence-electron chi connectivity index (χ1n) is 7.49. The Morgan fingerprint density at radius 3 is 2.00 bits per heavy atom. The zero-order chi connectivity index (χ0) is 19.4. The summed E-state index contributed by atoms with van der Waals surface area (Å²) in [6.45, 7) is 20.1. The zero-order valence-corrected chi connectivity index (χ0v) is 16.2. The van der Waals surface area contributed by atoms with Gasteiger partial charge in [-0.2, -0.15) is 0 Å². The van der Waals surface area contributed by atoms with Crippen LogP contribution in [0, 0.1) is 33.8 Å². The van der Waals surface area contributed by atoms with Gasteiger partial charge in [-0.15, -0.1) is 0 Å². The molecule has 26 heavy (non-hydrogen) atoms. The summed E-state index contributed by atoms with van der Waals surface area (Å²) in [6, 6.07) is 17.4. The quantitative estimate of drug-likeness (QED) is 0.454. The van der Waals surface area contributed by atoms with E-state index >= 15 is 0 Å². The smallest absolute Gasteiger partial charge is 0 e. The first kappa shape index (κ1) is 26.0. The van der Waals surface area contributed by atoms with Gasteiger partial charge >= 0.3 is 33.9 Å². The molecule has 0 fully saturated rings. The molecule has 0 bridgehead atoms. The minimum Gasteiger partial charge on any atom is 0 e. The fourth-order valence-corrected chi connectivity index (χ4v) is 2.91. The molecule has 0 radical (unpaired) electrons. The molecule has 4 nitrogen and oxygen atoms in total. The molecule has 3 rings (SSSR count). The van der Waals surface area contributed by atoms with Crippen LogP contribution in [0.4, 0.5) is 0 Å². The predicted molar refractivity (Wildman–Crippen MR) is 93.9 cm³/mol. The van der Waals surface area contributed by atoms with Gasteiger partial charge in [-0.05, 0) is 43.5 Å². The summed E-state index contributed by atoms with van der Waals surface area (Å²) in [6.07, 6.45) is 1.06. The Balaban J connectivity index is 0. The number of aryl methyl sites for hydroxylation is 3. The van der Waals surface area contributed by atoms with E-state index in [0.717, 1.165) is 6.42 Å². The van der Waals surface area contributed by atoms with Crippen molar-refractivity contribution in [2.24, 2.45) is 0 Å². The number of para-hydroxylation sites is 2. The average molecular weight is 385 g/mol. The molecule has 3 aromatic rings. The Morgan fingerprint density at radius 2 is 1.42 bits per heavy atom. The van der Waals surface area contributed by atoms with E-state index in [1.54, 1.807) is 0 Å². The Hall–Kier alpha value is -2.27. The summed E-state index contributed by atoms with van der Waals surface area (Å²) in [7, 11) is 0. The van der Waals surface area contributed by atoms with Crippen LogP contribution in [-0.2, 0) is 37.7 Å². The minimum atomic E-state index is 0. The Kier molecular flexibility index (Phi) is 13.9. The summed E-state index contributed by atoms with van der Waals surface area (Å²) in [5, 5.41) is 1.31. The zero-order valence-electron chi connectivity index (χ0n) is 14.9. The van der Waals surface area contributed by atoms with E-state index < -0.39 is 0 Å². The number of benzene rings is 2. The van der Waals surface area contributed by atoms with Gasteiger partial charge in [0.1, 0.15) is 0 Å². The van der Waals surface area contributed by atoms with Crippen molar-refractivity contribution < 1.29 is 31.3 Å². The van der Waals surface area contributed by atoms with Crippen LogP contribution in [-0.4, -0.2) is 4.57 Å². The maximum atomic E-state index is 7.50. The topological polar surface area (TPSA) is 64.6 Å². The third-order valence-corrected chi connectivity index (χ3v) is 3.82. The molecule has 2 aromatic carbocycles. The van der Waals surface area contributed by atoms with Crippen LogP contribution in [0.25, 0.3) is 16.6 Å². The van der Waals surface area contributed by atoms with Crippen molar-refractivity contribution in [3.05, 3.63) is 85.3 Å². The third-order valence-electron chi connectivity index (χ3n) is 3.82. The summed E-state index contributed by atoms with van der Waals surface area (Å²) in [5.74, 6) is 0. The van der Waals surface area contributed by atoms with E-state index in [1.165, 1.54) is 33.4 Å². The van der Waals surface area contributed by atoms with E-state index in [0.29, 0.717) is 0 Å². The van der Waals surface area contributed by atoms with Crippen molar-refractivity contribution in [2.75, 3.05) is 0 Å². The van der Waals surface area contributed by atoms with Gasteiger partial charge in [0.15, 0.2) is 0 Å². The third kappa shape index (κ3) is 5.63. The molecule has 0 spiro atoms. The van der Waals surface area contributed by atoms with Gasteiger partial charge in [0.2, 0.25) is 0 Å². The van der Waals surface area contributed by atoms with E-state index in [4.69, 9.17) is 14.0 Å². The largest absolute Gasteiger partial charge is 0 e. The molecule has 0 saturated heterocycles. The molecule has 0 aliphatic carbocycles. The molecular weight excluding hydrogens is 366 g/mol. The fraction of sp³-hybridized carbons (Fsp3) is 0.190. The molecule has 0 atom stereocenters. The van der Waals surface area contributed by atoms with Gasteiger partial charge in [-0.25, -0.2) is 0 Å². The maximum absolute atomic E-state index is 7.50. The molecule has 1 heterocycles. The van der Waals surface area contributed by atoms with E-state index in [1.807, 2.05) is 0 Å². The second-order valence-corrected chi connectivity index (χ2v) is 5.12. The molecule has 0 saturated carbocycles. The number of aromatic nitrogens is 1. The number of hydrogen-bond acceptors (Lipinski definition) is 0. The standard InChI is InChI=1S/C18H19N.3CO.Cr/c1-4-15-10-7-8-13(2)18(15)19-14(3)12-16-9-5-6-11-17(16)19;3*1-2;/h5-12H,4H2,1-3H3;;;;. The summed E-state index contributed by atoms with van der Waals surface area (Å²) in [4.78, 5) is 0. The number of nitrogens with zero attached hydrogens (tertiary/aromatic N) is 1. The van der Waals surface area contributed by atoms with Gasteiger partial charge in [0.05, 0.1) is 11.2 Å². The van der Waals surface area contributed by atoms with Crippen molar-refractivity contribution >= 4 is 10.9 Å². The molecule has 0 amide bonds.